The van der Waals surface area contributed by atoms with E-state index in [0.29, 0.717) is 25.2 Å². The summed E-state index contributed by atoms with van der Waals surface area (Å²) in [5.74, 6) is 0.453. The number of ether oxygens (including phenoxy) is 1. The molecule has 0 bridgehead atoms. The van der Waals surface area contributed by atoms with E-state index in [4.69, 9.17) is 16.2 Å². The molecule has 96 valence electrons. The van der Waals surface area contributed by atoms with Gasteiger partial charge in [0, 0.05) is 19.7 Å². The summed E-state index contributed by atoms with van der Waals surface area (Å²) >= 11 is 0. The fourth-order valence-corrected chi connectivity index (χ4v) is 1.87. The zero-order chi connectivity index (χ0) is 12.7. The number of anilines is 1. The lowest BCUT2D eigenvalue weighted by Crippen LogP contribution is -2.37. The summed E-state index contributed by atoms with van der Waals surface area (Å²) in [6.07, 6.45) is 3.40. The van der Waals surface area contributed by atoms with Gasteiger partial charge in [-0.1, -0.05) is 6.07 Å². The Balaban J connectivity index is 2.75. The summed E-state index contributed by atoms with van der Waals surface area (Å²) in [5.41, 5.74) is 11.1. The molecule has 1 aromatic rings. The Kier molecular flexibility index (Phi) is 5.34. The van der Waals surface area contributed by atoms with Gasteiger partial charge in [0.2, 0.25) is 0 Å². The number of pyridine rings is 1. The van der Waals surface area contributed by atoms with Crippen molar-refractivity contribution < 1.29 is 9.84 Å². The molecule has 0 aliphatic heterocycles. The second-order valence-electron chi connectivity index (χ2n) is 4.27. The van der Waals surface area contributed by atoms with Crippen LogP contribution in [-0.2, 0) is 11.2 Å². The molecule has 1 atom stereocenters. The van der Waals surface area contributed by atoms with Crippen LogP contribution in [0.1, 0.15) is 18.4 Å². The van der Waals surface area contributed by atoms with Gasteiger partial charge in [0.15, 0.2) is 0 Å². The highest BCUT2D eigenvalue weighted by Gasteiger charge is 2.27. The minimum Gasteiger partial charge on any atom is -0.387 e. The Bertz CT molecular complexity index is 346. The summed E-state index contributed by atoms with van der Waals surface area (Å²) in [6, 6.07) is 3.67. The third kappa shape index (κ3) is 4.30. The van der Waals surface area contributed by atoms with Gasteiger partial charge in [-0.05, 0) is 31.0 Å². The van der Waals surface area contributed by atoms with E-state index in [1.807, 2.05) is 12.1 Å². The first-order valence-electron chi connectivity index (χ1n) is 5.72. The molecule has 5 nitrogen and oxygen atoms in total. The Hall–Kier alpha value is -1.17. The zero-order valence-corrected chi connectivity index (χ0v) is 10.2. The number of aromatic nitrogens is 1. The van der Waals surface area contributed by atoms with Gasteiger partial charge in [-0.15, -0.1) is 0 Å². The Morgan fingerprint density at radius 3 is 2.88 bits per heavy atom. The van der Waals surface area contributed by atoms with Crippen LogP contribution in [0.3, 0.4) is 0 Å². The number of methoxy groups -OCH3 is 1. The van der Waals surface area contributed by atoms with E-state index in [1.165, 1.54) is 0 Å². The van der Waals surface area contributed by atoms with Gasteiger partial charge in [-0.25, -0.2) is 4.98 Å². The first-order chi connectivity index (χ1) is 8.11. The van der Waals surface area contributed by atoms with Crippen LogP contribution in [0.4, 0.5) is 5.82 Å². The lowest BCUT2D eigenvalue weighted by atomic mass is 9.91. The Labute approximate surface area is 102 Å². The van der Waals surface area contributed by atoms with Crippen molar-refractivity contribution in [3.05, 3.63) is 23.9 Å². The van der Waals surface area contributed by atoms with Crippen molar-refractivity contribution in [1.82, 2.24) is 4.98 Å². The summed E-state index contributed by atoms with van der Waals surface area (Å²) in [5, 5.41) is 10.5. The van der Waals surface area contributed by atoms with Gasteiger partial charge in [0.05, 0.1) is 12.2 Å². The van der Waals surface area contributed by atoms with Gasteiger partial charge in [0.25, 0.3) is 0 Å². The van der Waals surface area contributed by atoms with Gasteiger partial charge in [-0.3, -0.25) is 0 Å². The average Bonchev–Trinajstić information content (AvgIpc) is 2.30. The highest BCUT2D eigenvalue weighted by atomic mass is 16.5. The van der Waals surface area contributed by atoms with Crippen molar-refractivity contribution in [2.24, 2.45) is 5.73 Å². The zero-order valence-electron chi connectivity index (χ0n) is 10.2. The van der Waals surface area contributed by atoms with Crippen LogP contribution in [0, 0.1) is 0 Å². The molecule has 5 heteroatoms. The number of nitrogens with zero attached hydrogens (tertiary/aromatic N) is 1. The van der Waals surface area contributed by atoms with Crippen LogP contribution >= 0.6 is 0 Å². The number of aliphatic hydroxyl groups is 1. The van der Waals surface area contributed by atoms with E-state index in [0.717, 1.165) is 12.0 Å². The monoisotopic (exact) mass is 239 g/mol. The normalized spacial score (nSPS) is 14.5. The summed E-state index contributed by atoms with van der Waals surface area (Å²) in [7, 11) is 1.57. The maximum absolute atomic E-state index is 10.5. The van der Waals surface area contributed by atoms with Crippen molar-refractivity contribution in [3.63, 3.8) is 0 Å². The van der Waals surface area contributed by atoms with E-state index in [-0.39, 0.29) is 6.61 Å². The number of nitrogens with two attached hydrogens (primary N) is 2. The van der Waals surface area contributed by atoms with Crippen molar-refractivity contribution >= 4 is 5.82 Å². The highest BCUT2D eigenvalue weighted by Crippen LogP contribution is 2.22. The second-order valence-corrected chi connectivity index (χ2v) is 4.27. The van der Waals surface area contributed by atoms with Crippen LogP contribution in [-0.4, -0.2) is 36.0 Å². The van der Waals surface area contributed by atoms with E-state index in [2.05, 4.69) is 4.98 Å². The minimum atomic E-state index is -0.925. The largest absolute Gasteiger partial charge is 0.387 e. The minimum absolute atomic E-state index is 0.265. The molecule has 5 N–H and O–H groups in total. The molecule has 1 heterocycles. The fourth-order valence-electron chi connectivity index (χ4n) is 1.87. The molecule has 17 heavy (non-hydrogen) atoms. The number of nitrogen functional groups attached to an aromatic ring is 1. The predicted molar refractivity (Wildman–Crippen MR) is 67.5 cm³/mol. The van der Waals surface area contributed by atoms with Gasteiger partial charge in [0.1, 0.15) is 5.82 Å². The van der Waals surface area contributed by atoms with E-state index in [1.54, 1.807) is 13.3 Å². The number of hydrogen-bond donors (Lipinski definition) is 3. The molecule has 0 aromatic carbocycles. The van der Waals surface area contributed by atoms with E-state index < -0.39 is 5.60 Å². The van der Waals surface area contributed by atoms with E-state index in [9.17, 15) is 5.11 Å². The molecule has 0 fully saturated rings. The topological polar surface area (TPSA) is 94.4 Å². The molecule has 0 amide bonds. The van der Waals surface area contributed by atoms with Crippen LogP contribution < -0.4 is 11.5 Å². The first-order valence-corrected chi connectivity index (χ1v) is 5.72. The van der Waals surface area contributed by atoms with Gasteiger partial charge in [-0.2, -0.15) is 0 Å². The molecule has 0 saturated carbocycles. The Morgan fingerprint density at radius 1 is 1.53 bits per heavy atom. The molecule has 0 radical (unpaired) electrons. The summed E-state index contributed by atoms with van der Waals surface area (Å²) in [4.78, 5) is 4.00. The van der Waals surface area contributed by atoms with E-state index >= 15 is 0 Å². The molecule has 0 spiro atoms. The second kappa shape index (κ2) is 6.54. The van der Waals surface area contributed by atoms with Crippen LogP contribution in [0.5, 0.6) is 0 Å². The smallest absolute Gasteiger partial charge is 0.126 e. The highest BCUT2D eigenvalue weighted by molar-refractivity contribution is 5.39. The molecule has 1 aromatic heterocycles. The maximum atomic E-state index is 10.5. The van der Waals surface area contributed by atoms with Crippen LogP contribution in [0.15, 0.2) is 18.3 Å². The molecule has 1 rings (SSSR count). The van der Waals surface area contributed by atoms with Crippen LogP contribution in [0.2, 0.25) is 0 Å². The first kappa shape index (κ1) is 13.9. The van der Waals surface area contributed by atoms with Gasteiger partial charge < -0.3 is 21.3 Å². The molecule has 1 unspecified atom stereocenters. The molecule has 0 aliphatic carbocycles. The van der Waals surface area contributed by atoms with Crippen molar-refractivity contribution in [2.45, 2.75) is 24.9 Å². The van der Waals surface area contributed by atoms with Gasteiger partial charge >= 0.3 is 0 Å². The Morgan fingerprint density at radius 2 is 2.29 bits per heavy atom. The number of hydrogen-bond acceptors (Lipinski definition) is 5. The van der Waals surface area contributed by atoms with Crippen molar-refractivity contribution in [3.8, 4) is 0 Å². The standard InChI is InChI=1S/C12H21N3O2/c1-17-9-12(16,5-3-6-13)8-10-4-2-7-15-11(10)14/h2,4,7,16H,3,5-6,8-9,13H2,1H3,(H2,14,15). The lowest BCUT2D eigenvalue weighted by molar-refractivity contribution is -0.0374. The SMILES string of the molecule is COCC(O)(CCCN)Cc1cccnc1N. The molecular formula is C12H21N3O2. The predicted octanol–water partition coefficient (Wildman–Crippen LogP) is 0.323. The summed E-state index contributed by atoms with van der Waals surface area (Å²) < 4.78 is 5.06. The van der Waals surface area contributed by atoms with Crippen molar-refractivity contribution in [2.75, 3.05) is 26.0 Å². The average molecular weight is 239 g/mol. The lowest BCUT2D eigenvalue weighted by Gasteiger charge is -2.27. The van der Waals surface area contributed by atoms with Crippen molar-refractivity contribution in [1.29, 1.82) is 0 Å². The maximum Gasteiger partial charge on any atom is 0.126 e. The molecule has 0 aliphatic rings. The fraction of sp³-hybridized carbons (Fsp3) is 0.583. The molecule has 0 saturated heterocycles. The number of rotatable bonds is 7. The molecular weight excluding hydrogens is 218 g/mol. The third-order valence-electron chi connectivity index (χ3n) is 2.70. The summed E-state index contributed by atoms with van der Waals surface area (Å²) in [6.45, 7) is 0.815. The van der Waals surface area contributed by atoms with Crippen LogP contribution in [0.25, 0.3) is 0 Å². The quantitative estimate of drug-likeness (QED) is 0.637. The third-order valence-corrected chi connectivity index (χ3v) is 2.70.